The Bertz CT molecular complexity index is 565. The van der Waals surface area contributed by atoms with Gasteiger partial charge in [-0.05, 0) is 18.4 Å². The molecule has 0 radical (unpaired) electrons. The van der Waals surface area contributed by atoms with E-state index in [4.69, 9.17) is 6.42 Å². The van der Waals surface area contributed by atoms with Crippen molar-refractivity contribution in [3.05, 3.63) is 35.9 Å². The molecule has 0 spiro atoms. The number of rotatable bonds is 5. The van der Waals surface area contributed by atoms with Crippen LogP contribution in [0.1, 0.15) is 24.4 Å². The molecule has 0 unspecified atom stereocenters. The van der Waals surface area contributed by atoms with Gasteiger partial charge in [0.2, 0.25) is 11.8 Å². The molecule has 0 aromatic heterocycles. The Morgan fingerprint density at radius 3 is 2.77 bits per heavy atom. The van der Waals surface area contributed by atoms with Gasteiger partial charge in [0.1, 0.15) is 6.04 Å². The molecule has 0 bridgehead atoms. The molecule has 22 heavy (non-hydrogen) atoms. The molecule has 0 aliphatic carbocycles. The zero-order chi connectivity index (χ0) is 15.9. The Morgan fingerprint density at radius 2 is 2.14 bits per heavy atom. The molecule has 2 N–H and O–H groups in total. The van der Waals surface area contributed by atoms with Gasteiger partial charge in [0.25, 0.3) is 0 Å². The zero-order valence-electron chi connectivity index (χ0n) is 12.7. The number of benzene rings is 1. The van der Waals surface area contributed by atoms with E-state index >= 15 is 0 Å². The summed E-state index contributed by atoms with van der Waals surface area (Å²) in [6.07, 6.45) is 6.80. The molecule has 5 nitrogen and oxygen atoms in total. The Balaban J connectivity index is 2.25. The van der Waals surface area contributed by atoms with Crippen LogP contribution in [0, 0.1) is 12.3 Å². The number of likely N-dealkylation sites (tertiary alicyclic amines) is 1. The Morgan fingerprint density at radius 1 is 1.41 bits per heavy atom. The van der Waals surface area contributed by atoms with Crippen molar-refractivity contribution in [2.24, 2.45) is 0 Å². The summed E-state index contributed by atoms with van der Waals surface area (Å²) in [7, 11) is 1.61. The number of terminal acetylenes is 1. The monoisotopic (exact) mass is 299 g/mol. The van der Waals surface area contributed by atoms with Gasteiger partial charge in [0.05, 0.1) is 12.6 Å². The lowest BCUT2D eigenvalue weighted by atomic mass is 10.0. The zero-order valence-corrected chi connectivity index (χ0v) is 12.7. The molecule has 1 fully saturated rings. The van der Waals surface area contributed by atoms with Gasteiger partial charge in [-0.2, -0.15) is 0 Å². The molecule has 0 saturated carbocycles. The maximum atomic E-state index is 12.4. The van der Waals surface area contributed by atoms with Crippen molar-refractivity contribution in [3.8, 4) is 12.3 Å². The molecular formula is C17H21N3O2. The smallest absolute Gasteiger partial charge is 0.241 e. The lowest BCUT2D eigenvalue weighted by Gasteiger charge is -2.31. The first kappa shape index (κ1) is 16.1. The highest BCUT2D eigenvalue weighted by Gasteiger charge is 2.38. The van der Waals surface area contributed by atoms with Gasteiger partial charge in [-0.25, -0.2) is 0 Å². The van der Waals surface area contributed by atoms with Crippen molar-refractivity contribution in [2.75, 3.05) is 20.1 Å². The first-order valence-electron chi connectivity index (χ1n) is 7.42. The maximum Gasteiger partial charge on any atom is 0.241 e. The average molecular weight is 299 g/mol. The quantitative estimate of drug-likeness (QED) is 0.786. The van der Waals surface area contributed by atoms with E-state index in [2.05, 4.69) is 16.6 Å². The summed E-state index contributed by atoms with van der Waals surface area (Å²) in [6, 6.07) is 8.74. The summed E-state index contributed by atoms with van der Waals surface area (Å²) in [5.74, 6) is 2.18. The normalized spacial score (nSPS) is 19.2. The van der Waals surface area contributed by atoms with Crippen LogP contribution in [-0.2, 0) is 9.59 Å². The second-order valence-electron chi connectivity index (χ2n) is 5.25. The minimum atomic E-state index is -0.463. The topological polar surface area (TPSA) is 61.4 Å². The molecule has 2 amide bonds. The van der Waals surface area contributed by atoms with Crippen LogP contribution in [-0.4, -0.2) is 42.9 Å². The minimum Gasteiger partial charge on any atom is -0.358 e. The van der Waals surface area contributed by atoms with Crippen LogP contribution in [0.3, 0.4) is 0 Å². The van der Waals surface area contributed by atoms with Crippen LogP contribution in [0.4, 0.5) is 0 Å². The molecule has 1 aliphatic rings. The minimum absolute atomic E-state index is 0.108. The van der Waals surface area contributed by atoms with Gasteiger partial charge in [-0.1, -0.05) is 36.3 Å². The summed E-state index contributed by atoms with van der Waals surface area (Å²) >= 11 is 0. The summed E-state index contributed by atoms with van der Waals surface area (Å²) in [4.78, 5) is 26.6. The second kappa shape index (κ2) is 7.62. The summed E-state index contributed by atoms with van der Waals surface area (Å²) in [6.45, 7) is 0.917. The first-order chi connectivity index (χ1) is 10.7. The highest BCUT2D eigenvalue weighted by Crippen LogP contribution is 2.29. The Hall–Kier alpha value is -2.32. The number of nitrogens with zero attached hydrogens (tertiary/aromatic N) is 1. The highest BCUT2D eigenvalue weighted by atomic mass is 16.2. The molecular weight excluding hydrogens is 278 g/mol. The SMILES string of the molecule is C#CCNC(=O)[C@@H]1CCCN1[C@@H](C(=O)NC)c1ccccc1. The summed E-state index contributed by atoms with van der Waals surface area (Å²) in [5.41, 5.74) is 0.887. The van der Waals surface area contributed by atoms with Crippen LogP contribution >= 0.6 is 0 Å². The van der Waals surface area contributed by atoms with E-state index in [9.17, 15) is 9.59 Å². The molecule has 1 aromatic carbocycles. The maximum absolute atomic E-state index is 12.4. The fourth-order valence-electron chi connectivity index (χ4n) is 2.90. The third kappa shape index (κ3) is 3.46. The largest absolute Gasteiger partial charge is 0.358 e. The molecule has 1 aliphatic heterocycles. The van der Waals surface area contributed by atoms with Crippen LogP contribution in [0.2, 0.25) is 0 Å². The molecule has 2 atom stereocenters. The van der Waals surface area contributed by atoms with Crippen LogP contribution in [0.15, 0.2) is 30.3 Å². The number of likely N-dealkylation sites (N-methyl/N-ethyl adjacent to an activating group) is 1. The Labute approximate surface area is 131 Å². The molecule has 1 heterocycles. The third-order valence-corrected chi connectivity index (χ3v) is 3.90. The molecule has 1 saturated heterocycles. The summed E-state index contributed by atoms with van der Waals surface area (Å²) < 4.78 is 0. The van der Waals surface area contributed by atoms with Gasteiger partial charge < -0.3 is 10.6 Å². The number of hydrogen-bond donors (Lipinski definition) is 2. The number of amides is 2. The van der Waals surface area contributed by atoms with Crippen molar-refractivity contribution in [3.63, 3.8) is 0 Å². The standard InChI is InChI=1S/C17H21N3O2/c1-3-11-19-16(21)14-10-7-12-20(14)15(17(22)18-2)13-8-5-4-6-9-13/h1,4-6,8-9,14-15H,7,10-12H2,2H3,(H,18,22)(H,19,21)/t14-,15+/m0/s1. The first-order valence-corrected chi connectivity index (χ1v) is 7.42. The highest BCUT2D eigenvalue weighted by molar-refractivity contribution is 5.86. The third-order valence-electron chi connectivity index (χ3n) is 3.90. The number of carbonyl (C=O) groups excluding carboxylic acids is 2. The molecule has 116 valence electrons. The van der Waals surface area contributed by atoms with E-state index in [1.54, 1.807) is 7.05 Å². The van der Waals surface area contributed by atoms with Gasteiger partial charge in [-0.15, -0.1) is 6.42 Å². The molecule has 5 heteroatoms. The van der Waals surface area contributed by atoms with Crippen molar-refractivity contribution in [1.29, 1.82) is 0 Å². The fraction of sp³-hybridized carbons (Fsp3) is 0.412. The lowest BCUT2D eigenvalue weighted by Crippen LogP contribution is -2.48. The predicted molar refractivity (Wildman–Crippen MR) is 84.8 cm³/mol. The van der Waals surface area contributed by atoms with E-state index in [-0.39, 0.29) is 24.4 Å². The molecule has 1 aromatic rings. The van der Waals surface area contributed by atoms with Gasteiger partial charge in [0, 0.05) is 13.6 Å². The fourth-order valence-corrected chi connectivity index (χ4v) is 2.90. The van der Waals surface area contributed by atoms with Gasteiger partial charge in [0.15, 0.2) is 0 Å². The lowest BCUT2D eigenvalue weighted by molar-refractivity contribution is -0.131. The number of hydrogen-bond acceptors (Lipinski definition) is 3. The van der Waals surface area contributed by atoms with Crippen LogP contribution in [0.5, 0.6) is 0 Å². The average Bonchev–Trinajstić information content (AvgIpc) is 3.03. The van der Waals surface area contributed by atoms with E-state index in [0.29, 0.717) is 6.54 Å². The van der Waals surface area contributed by atoms with Crippen molar-refractivity contribution in [2.45, 2.75) is 24.9 Å². The van der Waals surface area contributed by atoms with Crippen LogP contribution < -0.4 is 10.6 Å². The Kier molecular flexibility index (Phi) is 5.56. The van der Waals surface area contributed by atoms with Crippen molar-refractivity contribution >= 4 is 11.8 Å². The van der Waals surface area contributed by atoms with Gasteiger partial charge in [-0.3, -0.25) is 14.5 Å². The van der Waals surface area contributed by atoms with Crippen molar-refractivity contribution in [1.82, 2.24) is 15.5 Å². The number of carbonyl (C=O) groups is 2. The van der Waals surface area contributed by atoms with Crippen molar-refractivity contribution < 1.29 is 9.59 Å². The van der Waals surface area contributed by atoms with Crippen LogP contribution in [0.25, 0.3) is 0 Å². The van der Waals surface area contributed by atoms with E-state index in [0.717, 1.165) is 18.4 Å². The van der Waals surface area contributed by atoms with Gasteiger partial charge >= 0.3 is 0 Å². The molecule has 2 rings (SSSR count). The van der Waals surface area contributed by atoms with E-state index < -0.39 is 6.04 Å². The van der Waals surface area contributed by atoms with E-state index in [1.807, 2.05) is 35.2 Å². The predicted octanol–water partition coefficient (Wildman–Crippen LogP) is 0.688. The van der Waals surface area contributed by atoms with E-state index in [1.165, 1.54) is 0 Å². The second-order valence-corrected chi connectivity index (χ2v) is 5.25. The number of nitrogens with one attached hydrogen (secondary N) is 2. The summed E-state index contributed by atoms with van der Waals surface area (Å²) in [5, 5.41) is 5.42.